The Balaban J connectivity index is 2.88. The highest BCUT2D eigenvalue weighted by atomic mass is 16.4. The fourth-order valence-electron chi connectivity index (χ4n) is 3.11. The van der Waals surface area contributed by atoms with Gasteiger partial charge in [-0.2, -0.15) is 0 Å². The highest BCUT2D eigenvalue weighted by molar-refractivity contribution is 5.96. The fourth-order valence-corrected chi connectivity index (χ4v) is 3.11. The number of phenols is 1. The third-order valence-electron chi connectivity index (χ3n) is 4.91. The summed E-state index contributed by atoms with van der Waals surface area (Å²) in [5.74, 6) is -4.91. The summed E-state index contributed by atoms with van der Waals surface area (Å²) in [5, 5.41) is 35.1. The Hall–Kier alpha value is -3.71. The Kier molecular flexibility index (Phi) is 11.6. The number of amides is 4. The number of hydrogen-bond acceptors (Lipinski definition) is 8. The van der Waals surface area contributed by atoms with Crippen LogP contribution in [0.5, 0.6) is 5.75 Å². The minimum atomic E-state index is -1.58. The average molecular weight is 496 g/mol. The number of hydrogen-bond donors (Lipinski definition) is 8. The number of benzene rings is 1. The number of phenolic OH excluding ortho intramolecular Hbond substituents is 1. The molecule has 194 valence electrons. The zero-order chi connectivity index (χ0) is 26.7. The SMILES string of the molecule is CC(C)CC(N)C(=O)NC(CC(N)=O)C(=O)NC(CO)C(=O)NC(Cc1ccc(O)cc1)C(=O)O. The number of primary amides is 1. The number of rotatable bonds is 14. The lowest BCUT2D eigenvalue weighted by molar-refractivity contribution is -0.142. The number of carbonyl (C=O) groups is 5. The minimum Gasteiger partial charge on any atom is -0.508 e. The maximum atomic E-state index is 12.7. The normalized spacial score (nSPS) is 14.3. The highest BCUT2D eigenvalue weighted by Gasteiger charge is 2.31. The van der Waals surface area contributed by atoms with E-state index in [-0.39, 0.29) is 18.1 Å². The van der Waals surface area contributed by atoms with Gasteiger partial charge in [-0.15, -0.1) is 0 Å². The van der Waals surface area contributed by atoms with Gasteiger partial charge in [0.25, 0.3) is 0 Å². The van der Waals surface area contributed by atoms with Crippen LogP contribution in [0.3, 0.4) is 0 Å². The van der Waals surface area contributed by atoms with Crippen molar-refractivity contribution in [2.24, 2.45) is 17.4 Å². The largest absolute Gasteiger partial charge is 0.508 e. The first-order valence-electron chi connectivity index (χ1n) is 10.9. The summed E-state index contributed by atoms with van der Waals surface area (Å²) < 4.78 is 0. The number of aliphatic hydroxyl groups is 1. The summed E-state index contributed by atoms with van der Waals surface area (Å²) in [7, 11) is 0. The summed E-state index contributed by atoms with van der Waals surface area (Å²) in [5.41, 5.74) is 11.5. The highest BCUT2D eigenvalue weighted by Crippen LogP contribution is 2.11. The third kappa shape index (κ3) is 10.4. The molecule has 0 saturated heterocycles. The van der Waals surface area contributed by atoms with Crippen molar-refractivity contribution >= 4 is 29.6 Å². The second-order valence-electron chi connectivity index (χ2n) is 8.48. The quantitative estimate of drug-likeness (QED) is 0.138. The van der Waals surface area contributed by atoms with Gasteiger partial charge in [0.05, 0.1) is 19.1 Å². The number of aliphatic hydroxyl groups excluding tert-OH is 1. The van der Waals surface area contributed by atoms with Crippen molar-refractivity contribution in [3.05, 3.63) is 29.8 Å². The van der Waals surface area contributed by atoms with E-state index in [4.69, 9.17) is 11.5 Å². The van der Waals surface area contributed by atoms with E-state index in [9.17, 15) is 39.3 Å². The molecule has 0 saturated carbocycles. The Labute approximate surface area is 202 Å². The van der Waals surface area contributed by atoms with Crippen LogP contribution < -0.4 is 27.4 Å². The van der Waals surface area contributed by atoms with Crippen LogP contribution in [0.2, 0.25) is 0 Å². The average Bonchev–Trinajstić information content (AvgIpc) is 2.76. The summed E-state index contributed by atoms with van der Waals surface area (Å²) in [4.78, 5) is 60.6. The molecule has 1 aromatic rings. The first kappa shape index (κ1) is 29.3. The molecule has 4 atom stereocenters. The van der Waals surface area contributed by atoms with Crippen molar-refractivity contribution in [1.82, 2.24) is 16.0 Å². The van der Waals surface area contributed by atoms with Crippen LogP contribution in [0.25, 0.3) is 0 Å². The van der Waals surface area contributed by atoms with Crippen LogP contribution in [-0.2, 0) is 30.4 Å². The van der Waals surface area contributed by atoms with Gasteiger partial charge in [-0.25, -0.2) is 4.79 Å². The lowest BCUT2D eigenvalue weighted by atomic mass is 10.0. The number of carboxylic acid groups (broad SMARTS) is 1. The molecule has 13 nitrogen and oxygen atoms in total. The lowest BCUT2D eigenvalue weighted by Crippen LogP contribution is -2.58. The zero-order valence-electron chi connectivity index (χ0n) is 19.6. The van der Waals surface area contributed by atoms with Gasteiger partial charge in [0.15, 0.2) is 0 Å². The molecule has 4 amide bonds. The topological polar surface area (TPSA) is 234 Å². The van der Waals surface area contributed by atoms with Crippen molar-refractivity contribution in [3.8, 4) is 5.75 Å². The number of aliphatic carboxylic acids is 1. The fraction of sp³-hybridized carbons (Fsp3) is 0.500. The molecule has 0 aromatic heterocycles. The second kappa shape index (κ2) is 13.9. The van der Waals surface area contributed by atoms with E-state index in [1.165, 1.54) is 24.3 Å². The molecule has 0 bridgehead atoms. The van der Waals surface area contributed by atoms with Gasteiger partial charge < -0.3 is 42.7 Å². The van der Waals surface area contributed by atoms with Crippen molar-refractivity contribution in [3.63, 3.8) is 0 Å². The molecule has 1 rings (SSSR count). The number of nitrogens with two attached hydrogens (primary N) is 2. The standard InChI is InChI=1S/C22H33N5O8/c1-11(2)7-14(23)19(31)25-15(9-18(24)30)20(32)27-17(10-28)21(33)26-16(22(34)35)8-12-3-5-13(29)6-4-12/h3-6,11,14-17,28-29H,7-10,23H2,1-2H3,(H2,24,30)(H,25,31)(H,26,33)(H,27,32)(H,34,35). The third-order valence-corrected chi connectivity index (χ3v) is 4.91. The first-order chi connectivity index (χ1) is 16.3. The predicted octanol–water partition coefficient (Wildman–Crippen LogP) is -2.29. The predicted molar refractivity (Wildman–Crippen MR) is 124 cm³/mol. The summed E-state index contributed by atoms with van der Waals surface area (Å²) >= 11 is 0. The minimum absolute atomic E-state index is 0.0181. The van der Waals surface area contributed by atoms with Crippen molar-refractivity contribution in [2.45, 2.75) is 57.3 Å². The van der Waals surface area contributed by atoms with Gasteiger partial charge in [0, 0.05) is 6.42 Å². The van der Waals surface area contributed by atoms with E-state index < -0.39 is 66.8 Å². The lowest BCUT2D eigenvalue weighted by Gasteiger charge is -2.24. The Morgan fingerprint density at radius 3 is 1.89 bits per heavy atom. The van der Waals surface area contributed by atoms with E-state index in [2.05, 4.69) is 16.0 Å². The van der Waals surface area contributed by atoms with Gasteiger partial charge in [-0.1, -0.05) is 26.0 Å². The van der Waals surface area contributed by atoms with E-state index in [0.29, 0.717) is 12.0 Å². The second-order valence-corrected chi connectivity index (χ2v) is 8.48. The monoisotopic (exact) mass is 495 g/mol. The molecule has 0 heterocycles. The molecule has 1 aromatic carbocycles. The molecule has 4 unspecified atom stereocenters. The smallest absolute Gasteiger partial charge is 0.326 e. The molecule has 0 aliphatic rings. The molecule has 0 radical (unpaired) electrons. The maximum Gasteiger partial charge on any atom is 0.326 e. The Morgan fingerprint density at radius 1 is 0.886 bits per heavy atom. The first-order valence-corrected chi connectivity index (χ1v) is 10.9. The Morgan fingerprint density at radius 2 is 1.40 bits per heavy atom. The van der Waals surface area contributed by atoms with Crippen LogP contribution in [0.15, 0.2) is 24.3 Å². The van der Waals surface area contributed by atoms with Crippen LogP contribution in [0.4, 0.5) is 0 Å². The molecular weight excluding hydrogens is 462 g/mol. The van der Waals surface area contributed by atoms with Crippen molar-refractivity contribution in [2.75, 3.05) is 6.61 Å². The molecule has 0 aliphatic carbocycles. The number of nitrogens with one attached hydrogen (secondary N) is 3. The molecule has 13 heteroatoms. The zero-order valence-corrected chi connectivity index (χ0v) is 19.6. The molecule has 0 aliphatic heterocycles. The van der Waals surface area contributed by atoms with Gasteiger partial charge in [0.1, 0.15) is 23.9 Å². The van der Waals surface area contributed by atoms with Crippen LogP contribution in [-0.4, -0.2) is 75.7 Å². The summed E-state index contributed by atoms with van der Waals surface area (Å²) in [6.45, 7) is 2.79. The number of carbonyl (C=O) groups excluding carboxylic acids is 4. The Bertz CT molecular complexity index is 906. The molecule has 10 N–H and O–H groups in total. The van der Waals surface area contributed by atoms with Gasteiger partial charge in [-0.3, -0.25) is 19.2 Å². The van der Waals surface area contributed by atoms with Gasteiger partial charge in [0.2, 0.25) is 23.6 Å². The number of carboxylic acids is 1. The van der Waals surface area contributed by atoms with Crippen molar-refractivity contribution in [1.29, 1.82) is 0 Å². The molecular formula is C22H33N5O8. The summed E-state index contributed by atoms with van der Waals surface area (Å²) in [6.07, 6.45) is -0.415. The molecule has 35 heavy (non-hydrogen) atoms. The van der Waals surface area contributed by atoms with E-state index in [1.807, 2.05) is 13.8 Å². The molecule has 0 spiro atoms. The van der Waals surface area contributed by atoms with Crippen molar-refractivity contribution < 1.29 is 39.3 Å². The van der Waals surface area contributed by atoms with Gasteiger partial charge in [-0.05, 0) is 30.0 Å². The van der Waals surface area contributed by atoms with Crippen LogP contribution in [0, 0.1) is 5.92 Å². The maximum absolute atomic E-state index is 12.7. The van der Waals surface area contributed by atoms with Gasteiger partial charge >= 0.3 is 5.97 Å². The number of aromatic hydroxyl groups is 1. The van der Waals surface area contributed by atoms with E-state index in [1.54, 1.807) is 0 Å². The van der Waals surface area contributed by atoms with E-state index >= 15 is 0 Å². The van der Waals surface area contributed by atoms with Crippen LogP contribution >= 0.6 is 0 Å². The van der Waals surface area contributed by atoms with Crippen LogP contribution in [0.1, 0.15) is 32.3 Å². The van der Waals surface area contributed by atoms with E-state index in [0.717, 1.165) is 0 Å². The summed E-state index contributed by atoms with van der Waals surface area (Å²) in [6, 6.07) is 0.251. The molecule has 0 fully saturated rings.